The molecule has 0 atom stereocenters. The Bertz CT molecular complexity index is 984. The number of nitrogens with zero attached hydrogens (tertiary/aromatic N) is 2. The quantitative estimate of drug-likeness (QED) is 0.866. The van der Waals surface area contributed by atoms with Crippen molar-refractivity contribution < 1.29 is 17.9 Å². The van der Waals surface area contributed by atoms with Crippen molar-refractivity contribution in [2.24, 2.45) is 0 Å². The molecule has 4 rings (SSSR count). The van der Waals surface area contributed by atoms with Crippen LogP contribution in [-0.4, -0.2) is 47.7 Å². The average Bonchev–Trinajstić information content (AvgIpc) is 2.96. The molecule has 27 heavy (non-hydrogen) atoms. The van der Waals surface area contributed by atoms with E-state index in [9.17, 15) is 13.2 Å². The lowest BCUT2D eigenvalue weighted by atomic mass is 10.2. The molecule has 1 N–H and O–H groups in total. The van der Waals surface area contributed by atoms with Crippen LogP contribution in [0.3, 0.4) is 0 Å². The number of para-hydroxylation sites is 2. The fourth-order valence-corrected chi connectivity index (χ4v) is 4.58. The monoisotopic (exact) mass is 387 g/mol. The van der Waals surface area contributed by atoms with Crippen LogP contribution in [0.2, 0.25) is 0 Å². The van der Waals surface area contributed by atoms with Gasteiger partial charge in [0, 0.05) is 25.8 Å². The maximum Gasteiger partial charge on any atom is 0.261 e. The van der Waals surface area contributed by atoms with Crippen LogP contribution in [-0.2, 0) is 26.0 Å². The molecule has 1 saturated heterocycles. The number of likely N-dealkylation sites (N-methyl/N-ethyl adjacent to an activating group) is 1. The van der Waals surface area contributed by atoms with E-state index < -0.39 is 10.0 Å². The summed E-state index contributed by atoms with van der Waals surface area (Å²) in [6.45, 7) is 2.67. The highest BCUT2D eigenvalue weighted by Gasteiger charge is 2.27. The highest BCUT2D eigenvalue weighted by molar-refractivity contribution is 7.92. The largest absolute Gasteiger partial charge is 0.378 e. The molecule has 2 aliphatic heterocycles. The molecule has 1 fully saturated rings. The van der Waals surface area contributed by atoms with Crippen molar-refractivity contribution in [1.29, 1.82) is 0 Å². The Morgan fingerprint density at radius 1 is 1.04 bits per heavy atom. The standard InChI is InChI=1S/C19H21N3O4S/c1-21-17-7-6-15(12-14(17)13-19(21)23)27(24,25)20-16-4-2-3-5-18(16)22-8-10-26-11-9-22/h2-7,12,20H,8-11,13H2,1H3. The number of sulfonamides is 1. The molecular formula is C19H21N3O4S. The predicted molar refractivity (Wildman–Crippen MR) is 104 cm³/mol. The van der Waals surface area contributed by atoms with Crippen molar-refractivity contribution in [3.8, 4) is 0 Å². The number of amides is 1. The van der Waals surface area contributed by atoms with Gasteiger partial charge in [-0.1, -0.05) is 12.1 Å². The molecule has 0 radical (unpaired) electrons. The molecule has 0 unspecified atom stereocenters. The van der Waals surface area contributed by atoms with Gasteiger partial charge in [0.2, 0.25) is 5.91 Å². The second-order valence-corrected chi connectivity index (χ2v) is 8.32. The first-order valence-corrected chi connectivity index (χ1v) is 10.3. The van der Waals surface area contributed by atoms with Gasteiger partial charge in [0.1, 0.15) is 0 Å². The first kappa shape index (κ1) is 17.8. The number of nitrogens with one attached hydrogen (secondary N) is 1. The fourth-order valence-electron chi connectivity index (χ4n) is 3.46. The number of hydrogen-bond acceptors (Lipinski definition) is 5. The number of morpholine rings is 1. The molecule has 8 heteroatoms. The molecule has 2 heterocycles. The molecule has 7 nitrogen and oxygen atoms in total. The Kier molecular flexibility index (Phi) is 4.53. The van der Waals surface area contributed by atoms with Crippen LogP contribution in [0.5, 0.6) is 0 Å². The summed E-state index contributed by atoms with van der Waals surface area (Å²) in [5, 5.41) is 0. The molecule has 0 spiro atoms. The topological polar surface area (TPSA) is 79.0 Å². The van der Waals surface area contributed by atoms with Crippen LogP contribution >= 0.6 is 0 Å². The summed E-state index contributed by atoms with van der Waals surface area (Å²) >= 11 is 0. The van der Waals surface area contributed by atoms with Crippen LogP contribution in [0.15, 0.2) is 47.4 Å². The lowest BCUT2D eigenvalue weighted by Gasteiger charge is -2.30. The molecule has 2 aromatic carbocycles. The molecule has 2 aromatic rings. The molecule has 1 amide bonds. The second kappa shape index (κ2) is 6.86. The van der Waals surface area contributed by atoms with Crippen molar-refractivity contribution >= 4 is 33.0 Å². The maximum atomic E-state index is 12.9. The van der Waals surface area contributed by atoms with E-state index in [4.69, 9.17) is 4.74 Å². The van der Waals surface area contributed by atoms with E-state index in [1.165, 1.54) is 6.07 Å². The van der Waals surface area contributed by atoms with Gasteiger partial charge in [-0.2, -0.15) is 0 Å². The van der Waals surface area contributed by atoms with Gasteiger partial charge in [0.25, 0.3) is 10.0 Å². The van der Waals surface area contributed by atoms with Crippen molar-refractivity contribution in [2.75, 3.05) is 47.9 Å². The summed E-state index contributed by atoms with van der Waals surface area (Å²) in [6.07, 6.45) is 0.222. The van der Waals surface area contributed by atoms with Gasteiger partial charge in [0.05, 0.1) is 35.9 Å². The maximum absolute atomic E-state index is 12.9. The smallest absolute Gasteiger partial charge is 0.261 e. The van der Waals surface area contributed by atoms with E-state index in [1.54, 1.807) is 36.2 Å². The van der Waals surface area contributed by atoms with Gasteiger partial charge < -0.3 is 14.5 Å². The summed E-state index contributed by atoms with van der Waals surface area (Å²) in [6, 6.07) is 12.1. The second-order valence-electron chi connectivity index (χ2n) is 6.64. The van der Waals surface area contributed by atoms with E-state index in [0.717, 1.165) is 16.9 Å². The van der Waals surface area contributed by atoms with E-state index in [0.29, 0.717) is 32.0 Å². The Labute approximate surface area is 158 Å². The van der Waals surface area contributed by atoms with Crippen LogP contribution in [0, 0.1) is 0 Å². The van der Waals surface area contributed by atoms with Gasteiger partial charge in [-0.25, -0.2) is 8.42 Å². The third kappa shape index (κ3) is 3.38. The minimum absolute atomic E-state index is 0.0369. The Morgan fingerprint density at radius 3 is 2.56 bits per heavy atom. The molecule has 0 bridgehead atoms. The zero-order valence-corrected chi connectivity index (χ0v) is 15.8. The lowest BCUT2D eigenvalue weighted by Crippen LogP contribution is -2.36. The van der Waals surface area contributed by atoms with Gasteiger partial charge in [-0.3, -0.25) is 9.52 Å². The SMILES string of the molecule is CN1C(=O)Cc2cc(S(=O)(=O)Nc3ccccc3N3CCOCC3)ccc21. The summed E-state index contributed by atoms with van der Waals surface area (Å²) in [7, 11) is -2.08. The lowest BCUT2D eigenvalue weighted by molar-refractivity contribution is -0.117. The van der Waals surface area contributed by atoms with Gasteiger partial charge in [-0.05, 0) is 35.9 Å². The van der Waals surface area contributed by atoms with Crippen molar-refractivity contribution in [3.63, 3.8) is 0 Å². The average molecular weight is 387 g/mol. The molecule has 0 aromatic heterocycles. The van der Waals surface area contributed by atoms with Crippen molar-refractivity contribution in [1.82, 2.24) is 0 Å². The van der Waals surface area contributed by atoms with Gasteiger partial charge >= 0.3 is 0 Å². The number of benzene rings is 2. The molecule has 2 aliphatic rings. The third-order valence-electron chi connectivity index (χ3n) is 4.94. The molecule has 0 aliphatic carbocycles. The Hall–Kier alpha value is -2.58. The number of carbonyl (C=O) groups excluding carboxylic acids is 1. The highest BCUT2D eigenvalue weighted by atomic mass is 32.2. The first-order valence-electron chi connectivity index (χ1n) is 8.80. The van der Waals surface area contributed by atoms with Crippen molar-refractivity contribution in [2.45, 2.75) is 11.3 Å². The van der Waals surface area contributed by atoms with E-state index >= 15 is 0 Å². The van der Waals surface area contributed by atoms with Gasteiger partial charge in [-0.15, -0.1) is 0 Å². The number of fused-ring (bicyclic) bond motifs is 1. The number of anilines is 3. The van der Waals surface area contributed by atoms with Crippen LogP contribution < -0.4 is 14.5 Å². The zero-order chi connectivity index (χ0) is 19.0. The summed E-state index contributed by atoms with van der Waals surface area (Å²) < 4.78 is 34.0. The molecule has 142 valence electrons. The zero-order valence-electron chi connectivity index (χ0n) is 15.0. The minimum atomic E-state index is -3.77. The molecular weight excluding hydrogens is 366 g/mol. The van der Waals surface area contributed by atoms with Gasteiger partial charge in [0.15, 0.2) is 0 Å². The van der Waals surface area contributed by atoms with Crippen LogP contribution in [0.1, 0.15) is 5.56 Å². The van der Waals surface area contributed by atoms with E-state index in [1.807, 2.05) is 12.1 Å². The normalized spacial score (nSPS) is 17.1. The van der Waals surface area contributed by atoms with E-state index in [2.05, 4.69) is 9.62 Å². The fraction of sp³-hybridized carbons (Fsp3) is 0.316. The summed E-state index contributed by atoms with van der Waals surface area (Å²) in [5.74, 6) is -0.0369. The number of carbonyl (C=O) groups is 1. The predicted octanol–water partition coefficient (Wildman–Crippen LogP) is 1.84. The van der Waals surface area contributed by atoms with Crippen LogP contribution in [0.4, 0.5) is 17.1 Å². The first-order chi connectivity index (χ1) is 13.0. The Morgan fingerprint density at radius 2 is 1.78 bits per heavy atom. The highest BCUT2D eigenvalue weighted by Crippen LogP contribution is 2.32. The van der Waals surface area contributed by atoms with Crippen LogP contribution in [0.25, 0.3) is 0 Å². The number of rotatable bonds is 4. The minimum Gasteiger partial charge on any atom is -0.378 e. The molecule has 0 saturated carbocycles. The number of ether oxygens (including phenoxy) is 1. The third-order valence-corrected chi connectivity index (χ3v) is 6.30. The van der Waals surface area contributed by atoms with Crippen molar-refractivity contribution in [3.05, 3.63) is 48.0 Å². The number of hydrogen-bond donors (Lipinski definition) is 1. The summed E-state index contributed by atoms with van der Waals surface area (Å²) in [4.78, 5) is 15.7. The summed E-state index contributed by atoms with van der Waals surface area (Å²) in [5.41, 5.74) is 2.85. The Balaban J connectivity index is 1.63. The van der Waals surface area contributed by atoms with E-state index in [-0.39, 0.29) is 17.2 Å².